The fourth-order valence-electron chi connectivity index (χ4n) is 9.02. The van der Waals surface area contributed by atoms with E-state index in [4.69, 9.17) is 10.5 Å². The molecule has 4 heterocycles. The maximum atomic E-state index is 11.6. The zero-order valence-corrected chi connectivity index (χ0v) is 20.9. The van der Waals surface area contributed by atoms with Crippen LogP contribution >= 0.6 is 0 Å². The lowest BCUT2D eigenvalue weighted by Crippen LogP contribution is -2.61. The van der Waals surface area contributed by atoms with Crippen LogP contribution in [0.5, 0.6) is 0 Å². The molecule has 1 aromatic heterocycles. The summed E-state index contributed by atoms with van der Waals surface area (Å²) in [7, 11) is 0. The highest BCUT2D eigenvalue weighted by Crippen LogP contribution is 2.69. The number of nitrogens with two attached hydrogens (primary N) is 1. The Balaban J connectivity index is 1.17. The molecule has 3 N–H and O–H groups in total. The molecule has 36 heavy (non-hydrogen) atoms. The maximum absolute atomic E-state index is 11.6. The van der Waals surface area contributed by atoms with Crippen LogP contribution in [-0.4, -0.2) is 57.5 Å². The first-order chi connectivity index (χ1) is 17.4. The molecule has 5 nitrogen and oxygen atoms in total. The summed E-state index contributed by atoms with van der Waals surface area (Å²) in [6, 6.07) is 9.44. The first kappa shape index (κ1) is 21.7. The fourth-order valence-corrected chi connectivity index (χ4v) is 9.02. The van der Waals surface area contributed by atoms with Gasteiger partial charge in [-0.1, -0.05) is 43.4 Å². The van der Waals surface area contributed by atoms with Gasteiger partial charge in [-0.2, -0.15) is 0 Å². The summed E-state index contributed by atoms with van der Waals surface area (Å²) >= 11 is 0. The van der Waals surface area contributed by atoms with Crippen LogP contribution in [0, 0.1) is 11.3 Å². The number of ether oxygens (including phenoxy) is 1. The molecule has 5 heteroatoms. The molecule has 3 aliphatic heterocycles. The second-order valence-corrected chi connectivity index (χ2v) is 12.6. The van der Waals surface area contributed by atoms with Gasteiger partial charge in [-0.15, -0.1) is 0 Å². The average molecular weight is 482 g/mol. The molecule has 0 amide bonds. The van der Waals surface area contributed by atoms with Gasteiger partial charge in [0.25, 0.3) is 0 Å². The number of aromatic nitrogens is 1. The van der Waals surface area contributed by atoms with Crippen LogP contribution in [-0.2, 0) is 4.74 Å². The molecule has 186 valence electrons. The van der Waals surface area contributed by atoms with E-state index in [2.05, 4.69) is 65.4 Å². The number of rotatable bonds is 2. The summed E-state index contributed by atoms with van der Waals surface area (Å²) < 4.78 is 7.37. The van der Waals surface area contributed by atoms with Crippen LogP contribution in [0.3, 0.4) is 0 Å². The molecule has 2 bridgehead atoms. The lowest BCUT2D eigenvalue weighted by Gasteiger charge is -2.54. The highest BCUT2D eigenvalue weighted by atomic mass is 16.5. The molecule has 7 atom stereocenters. The minimum Gasteiger partial charge on any atom is -0.392 e. The molecule has 2 aromatic rings. The molecule has 8 rings (SSSR count). The van der Waals surface area contributed by atoms with Crippen molar-refractivity contribution in [1.82, 2.24) is 9.88 Å². The van der Waals surface area contributed by atoms with Crippen LogP contribution in [0.4, 0.5) is 0 Å². The number of fused-ring (bicyclic) bond motifs is 2. The van der Waals surface area contributed by atoms with Gasteiger partial charge in [0.05, 0.1) is 17.3 Å². The predicted molar refractivity (Wildman–Crippen MR) is 140 cm³/mol. The Kier molecular flexibility index (Phi) is 4.33. The minimum atomic E-state index is -0.372. The van der Waals surface area contributed by atoms with E-state index in [0.29, 0.717) is 18.0 Å². The van der Waals surface area contributed by atoms with E-state index in [1.165, 1.54) is 22.1 Å². The quantitative estimate of drug-likeness (QED) is 0.672. The summed E-state index contributed by atoms with van der Waals surface area (Å²) in [6.45, 7) is 4.37. The van der Waals surface area contributed by atoms with Crippen molar-refractivity contribution in [3.63, 3.8) is 0 Å². The van der Waals surface area contributed by atoms with E-state index >= 15 is 0 Å². The van der Waals surface area contributed by atoms with Crippen LogP contribution in [0.25, 0.3) is 10.8 Å². The second kappa shape index (κ2) is 7.16. The molecule has 0 radical (unpaired) electrons. The zero-order valence-electron chi connectivity index (χ0n) is 20.9. The van der Waals surface area contributed by atoms with Crippen molar-refractivity contribution in [3.8, 4) is 0 Å². The van der Waals surface area contributed by atoms with Crippen molar-refractivity contribution in [2.24, 2.45) is 17.1 Å². The van der Waals surface area contributed by atoms with E-state index in [1.807, 2.05) is 12.4 Å². The molecule has 1 saturated carbocycles. The Bertz CT molecular complexity index is 1360. The van der Waals surface area contributed by atoms with E-state index in [0.717, 1.165) is 50.6 Å². The van der Waals surface area contributed by atoms with Crippen molar-refractivity contribution in [1.29, 1.82) is 0 Å². The third-order valence-corrected chi connectivity index (χ3v) is 10.8. The van der Waals surface area contributed by atoms with E-state index < -0.39 is 0 Å². The average Bonchev–Trinajstić information content (AvgIpc) is 3.32. The summed E-state index contributed by atoms with van der Waals surface area (Å²) in [6.07, 6.45) is 17.9. The minimum absolute atomic E-state index is 0.0518. The topological polar surface area (TPSA) is 71.6 Å². The third-order valence-electron chi connectivity index (χ3n) is 10.8. The summed E-state index contributed by atoms with van der Waals surface area (Å²) in [5.41, 5.74) is 9.50. The third kappa shape index (κ3) is 2.72. The maximum Gasteiger partial charge on any atom is 0.0976 e. The van der Waals surface area contributed by atoms with Crippen molar-refractivity contribution in [2.75, 3.05) is 13.1 Å². The van der Waals surface area contributed by atoms with Gasteiger partial charge in [-0.25, -0.2) is 0 Å². The lowest BCUT2D eigenvalue weighted by atomic mass is 9.58. The highest BCUT2D eigenvalue weighted by Gasteiger charge is 2.68. The van der Waals surface area contributed by atoms with Crippen LogP contribution in [0.2, 0.25) is 0 Å². The number of aliphatic hydroxyl groups excluding tert-OH is 1. The molecule has 2 spiro atoms. The van der Waals surface area contributed by atoms with Crippen molar-refractivity contribution >= 4 is 10.8 Å². The molecule has 1 aromatic carbocycles. The number of pyridine rings is 1. The monoisotopic (exact) mass is 481 g/mol. The van der Waals surface area contributed by atoms with Crippen LogP contribution in [0.1, 0.15) is 50.5 Å². The molecular weight excluding hydrogens is 446 g/mol. The van der Waals surface area contributed by atoms with E-state index in [1.54, 1.807) is 0 Å². The smallest absolute Gasteiger partial charge is 0.0976 e. The van der Waals surface area contributed by atoms with E-state index in [9.17, 15) is 5.11 Å². The number of likely N-dealkylation sites (tertiary alicyclic amines) is 1. The number of aliphatic hydroxyl groups is 1. The van der Waals surface area contributed by atoms with Gasteiger partial charge in [-0.05, 0) is 71.7 Å². The number of allylic oxidation sites excluding steroid dienone is 1. The van der Waals surface area contributed by atoms with Crippen LogP contribution < -0.4 is 5.73 Å². The molecule has 3 aliphatic carbocycles. The molecule has 3 fully saturated rings. The SMILES string of the molecule is C[C@]12CC=C3C=C4C=C[C@@H](N5CC(N)C5)C[C@]45CCC3(O5)[C@@H]1C[C@@H](O)[C@@H]2c1ccc2ccncc2c1. The van der Waals surface area contributed by atoms with Gasteiger partial charge < -0.3 is 15.6 Å². The molecule has 1 unspecified atom stereocenters. The molecular formula is C31H35N3O2. The molecule has 2 saturated heterocycles. The standard InChI is InChI=1S/C31H35N3O2/c1-29-8-6-23-13-22-4-5-25(34-17-24(32)18-34)15-30(22)9-10-31(23,36-30)27(29)14-26(35)28(29)20-3-2-19-7-11-33-16-21(19)12-20/h2-7,11-13,16,24-28,35H,8-10,14-15,17-18,32H2,1H3/t25-,26-,27-,28+,29+,30-,31?/m1/s1. The summed E-state index contributed by atoms with van der Waals surface area (Å²) in [4.78, 5) is 6.84. The number of nitrogens with zero attached hydrogens (tertiary/aromatic N) is 2. The largest absolute Gasteiger partial charge is 0.392 e. The van der Waals surface area contributed by atoms with Gasteiger partial charge in [0.2, 0.25) is 0 Å². The van der Waals surface area contributed by atoms with Crippen molar-refractivity contribution in [2.45, 2.75) is 74.3 Å². The van der Waals surface area contributed by atoms with Crippen LogP contribution in [0.15, 0.2) is 72.1 Å². The normalized spacial score (nSPS) is 43.4. The fraction of sp³-hybridized carbons (Fsp3) is 0.516. The van der Waals surface area contributed by atoms with Gasteiger partial charge >= 0.3 is 0 Å². The summed E-state index contributed by atoms with van der Waals surface area (Å²) in [5, 5.41) is 13.9. The van der Waals surface area contributed by atoms with Crippen molar-refractivity contribution in [3.05, 3.63) is 77.7 Å². The van der Waals surface area contributed by atoms with Crippen molar-refractivity contribution < 1.29 is 9.84 Å². The number of hydrogen-bond acceptors (Lipinski definition) is 5. The van der Waals surface area contributed by atoms with Gasteiger partial charge in [-0.3, -0.25) is 9.88 Å². The number of hydrogen-bond donors (Lipinski definition) is 2. The highest BCUT2D eigenvalue weighted by molar-refractivity contribution is 5.82. The lowest BCUT2D eigenvalue weighted by molar-refractivity contribution is -0.134. The summed E-state index contributed by atoms with van der Waals surface area (Å²) in [5.74, 6) is 0.389. The Morgan fingerprint density at radius 1 is 1.14 bits per heavy atom. The predicted octanol–water partition coefficient (Wildman–Crippen LogP) is 4.24. The Hall–Kier alpha value is -2.31. The van der Waals surface area contributed by atoms with Gasteiger partial charge in [0.1, 0.15) is 0 Å². The van der Waals surface area contributed by atoms with Gasteiger partial charge in [0, 0.05) is 54.8 Å². The zero-order chi connectivity index (χ0) is 24.3. The first-order valence-electron chi connectivity index (χ1n) is 13.7. The molecule has 6 aliphatic rings. The second-order valence-electron chi connectivity index (χ2n) is 12.6. The Morgan fingerprint density at radius 2 is 2.03 bits per heavy atom. The Morgan fingerprint density at radius 3 is 2.89 bits per heavy atom. The van der Waals surface area contributed by atoms with Gasteiger partial charge in [0.15, 0.2) is 0 Å². The Labute approximate surface area is 212 Å². The number of benzene rings is 1. The van der Waals surface area contributed by atoms with E-state index in [-0.39, 0.29) is 28.6 Å². The first-order valence-corrected chi connectivity index (χ1v) is 13.7.